The molecule has 0 fully saturated rings. The molecule has 0 unspecified atom stereocenters. The Morgan fingerprint density at radius 3 is 2.71 bits per heavy atom. The Labute approximate surface area is 118 Å². The van der Waals surface area contributed by atoms with Crippen molar-refractivity contribution in [1.29, 1.82) is 0 Å². The Kier molecular flexibility index (Phi) is 4.46. The second-order valence-electron chi connectivity index (χ2n) is 4.56. The van der Waals surface area contributed by atoms with Crippen LogP contribution in [0.5, 0.6) is 0 Å². The number of rotatable bonds is 3. The highest BCUT2D eigenvalue weighted by Crippen LogP contribution is 2.20. The van der Waals surface area contributed by atoms with Crippen molar-refractivity contribution in [2.24, 2.45) is 0 Å². The SMILES string of the molecule is O=C1CN(C(=O)COCC(F)(F)F)Cc2ccccc2N1. The summed E-state index contributed by atoms with van der Waals surface area (Å²) in [6, 6.07) is 6.92. The van der Waals surface area contributed by atoms with E-state index >= 15 is 0 Å². The number of halogens is 3. The third-order valence-electron chi connectivity index (χ3n) is 2.83. The molecular weight excluding hydrogens is 289 g/mol. The minimum absolute atomic E-state index is 0.142. The van der Waals surface area contributed by atoms with Gasteiger partial charge in [-0.1, -0.05) is 18.2 Å². The zero-order chi connectivity index (χ0) is 15.5. The summed E-state index contributed by atoms with van der Waals surface area (Å²) in [5.74, 6) is -1.06. The highest BCUT2D eigenvalue weighted by molar-refractivity contribution is 5.96. The number of ether oxygens (including phenoxy) is 1. The topological polar surface area (TPSA) is 58.6 Å². The molecule has 1 aliphatic rings. The smallest absolute Gasteiger partial charge is 0.362 e. The molecule has 0 aromatic heterocycles. The minimum Gasteiger partial charge on any atom is -0.362 e. The fourth-order valence-electron chi connectivity index (χ4n) is 1.93. The van der Waals surface area contributed by atoms with Gasteiger partial charge in [-0.15, -0.1) is 0 Å². The number of nitrogens with one attached hydrogen (secondary N) is 1. The van der Waals surface area contributed by atoms with Crippen molar-refractivity contribution in [3.8, 4) is 0 Å². The first-order valence-corrected chi connectivity index (χ1v) is 6.15. The zero-order valence-electron chi connectivity index (χ0n) is 10.9. The fraction of sp³-hybridized carbons (Fsp3) is 0.385. The number of amides is 2. The Morgan fingerprint density at radius 2 is 2.00 bits per heavy atom. The van der Waals surface area contributed by atoms with Gasteiger partial charge in [0, 0.05) is 12.2 Å². The maximum absolute atomic E-state index is 12.0. The van der Waals surface area contributed by atoms with Crippen molar-refractivity contribution >= 4 is 17.5 Å². The first kappa shape index (κ1) is 15.3. The second kappa shape index (κ2) is 6.13. The van der Waals surface area contributed by atoms with Crippen molar-refractivity contribution < 1.29 is 27.5 Å². The summed E-state index contributed by atoms with van der Waals surface area (Å²) in [5, 5.41) is 2.63. The zero-order valence-corrected chi connectivity index (χ0v) is 10.9. The van der Waals surface area contributed by atoms with Gasteiger partial charge in [-0.05, 0) is 11.6 Å². The number of hydrogen-bond acceptors (Lipinski definition) is 3. The van der Waals surface area contributed by atoms with Crippen LogP contribution in [0.15, 0.2) is 24.3 Å². The standard InChI is InChI=1S/C13H13F3N2O3/c14-13(15,16)8-21-7-12(20)18-5-9-3-1-2-4-10(9)17-11(19)6-18/h1-4H,5-8H2,(H,17,19). The molecule has 0 atom stereocenters. The summed E-state index contributed by atoms with van der Waals surface area (Å²) in [6.45, 7) is -2.28. The maximum Gasteiger partial charge on any atom is 0.411 e. The summed E-state index contributed by atoms with van der Waals surface area (Å²) < 4.78 is 40.2. The molecule has 1 aliphatic heterocycles. The van der Waals surface area contributed by atoms with E-state index in [9.17, 15) is 22.8 Å². The number of para-hydroxylation sites is 1. The first-order chi connectivity index (χ1) is 9.85. The first-order valence-electron chi connectivity index (χ1n) is 6.15. The van der Waals surface area contributed by atoms with Crippen LogP contribution in [0.1, 0.15) is 5.56 Å². The monoisotopic (exact) mass is 302 g/mol. The summed E-state index contributed by atoms with van der Waals surface area (Å²) in [6.07, 6.45) is -4.48. The van der Waals surface area contributed by atoms with Crippen molar-refractivity contribution in [3.63, 3.8) is 0 Å². The molecule has 2 amide bonds. The van der Waals surface area contributed by atoms with Crippen LogP contribution in [0.2, 0.25) is 0 Å². The van der Waals surface area contributed by atoms with Crippen LogP contribution in [-0.4, -0.2) is 42.6 Å². The van der Waals surface area contributed by atoms with E-state index < -0.39 is 31.2 Å². The van der Waals surface area contributed by atoms with Gasteiger partial charge in [0.2, 0.25) is 11.8 Å². The van der Waals surface area contributed by atoms with Crippen molar-refractivity contribution in [1.82, 2.24) is 4.90 Å². The molecular formula is C13H13F3N2O3. The molecule has 1 aromatic carbocycles. The lowest BCUT2D eigenvalue weighted by atomic mass is 10.2. The van der Waals surface area contributed by atoms with Crippen LogP contribution in [-0.2, 0) is 20.9 Å². The number of nitrogens with zero attached hydrogens (tertiary/aromatic N) is 1. The molecule has 21 heavy (non-hydrogen) atoms. The Hall–Kier alpha value is -2.09. The predicted octanol–water partition coefficient (Wildman–Crippen LogP) is 1.55. The molecule has 0 aliphatic carbocycles. The van der Waals surface area contributed by atoms with Gasteiger partial charge in [0.15, 0.2) is 0 Å². The Balaban J connectivity index is 2.00. The number of carbonyl (C=O) groups excluding carboxylic acids is 2. The van der Waals surface area contributed by atoms with Gasteiger partial charge in [0.25, 0.3) is 0 Å². The average Bonchev–Trinajstić information content (AvgIpc) is 2.55. The highest BCUT2D eigenvalue weighted by atomic mass is 19.4. The second-order valence-corrected chi connectivity index (χ2v) is 4.56. The van der Waals surface area contributed by atoms with E-state index in [0.29, 0.717) is 11.3 Å². The summed E-state index contributed by atoms with van der Waals surface area (Å²) >= 11 is 0. The van der Waals surface area contributed by atoms with E-state index in [-0.39, 0.29) is 13.1 Å². The van der Waals surface area contributed by atoms with E-state index in [1.54, 1.807) is 24.3 Å². The number of alkyl halides is 3. The van der Waals surface area contributed by atoms with E-state index in [1.807, 2.05) is 0 Å². The van der Waals surface area contributed by atoms with E-state index in [2.05, 4.69) is 10.1 Å². The van der Waals surface area contributed by atoms with Gasteiger partial charge in [0.1, 0.15) is 19.8 Å². The van der Waals surface area contributed by atoms with Crippen LogP contribution in [0.25, 0.3) is 0 Å². The summed E-state index contributed by atoms with van der Waals surface area (Å²) in [5.41, 5.74) is 1.31. The van der Waals surface area contributed by atoms with Gasteiger partial charge in [-0.25, -0.2) is 0 Å². The number of hydrogen-bond donors (Lipinski definition) is 1. The van der Waals surface area contributed by atoms with Gasteiger partial charge < -0.3 is 15.0 Å². The van der Waals surface area contributed by atoms with Crippen LogP contribution >= 0.6 is 0 Å². The lowest BCUT2D eigenvalue weighted by Gasteiger charge is -2.19. The number of carbonyl (C=O) groups is 2. The minimum atomic E-state index is -4.48. The molecule has 0 saturated heterocycles. The third-order valence-corrected chi connectivity index (χ3v) is 2.83. The lowest BCUT2D eigenvalue weighted by molar-refractivity contribution is -0.178. The van der Waals surface area contributed by atoms with E-state index in [4.69, 9.17) is 0 Å². The van der Waals surface area contributed by atoms with Gasteiger partial charge in [0.05, 0.1) is 0 Å². The normalized spacial score (nSPS) is 15.2. The van der Waals surface area contributed by atoms with Gasteiger partial charge >= 0.3 is 6.18 Å². The van der Waals surface area contributed by atoms with E-state index in [0.717, 1.165) is 4.90 Å². The number of fused-ring (bicyclic) bond motifs is 1. The molecule has 1 heterocycles. The Bertz CT molecular complexity index is 546. The van der Waals surface area contributed by atoms with Gasteiger partial charge in [-0.2, -0.15) is 13.2 Å². The van der Waals surface area contributed by atoms with Crippen LogP contribution in [0.3, 0.4) is 0 Å². The summed E-state index contributed by atoms with van der Waals surface area (Å²) in [4.78, 5) is 24.7. The molecule has 8 heteroatoms. The molecule has 2 rings (SSSR count). The molecule has 0 spiro atoms. The summed E-state index contributed by atoms with van der Waals surface area (Å²) in [7, 11) is 0. The number of anilines is 1. The molecule has 0 bridgehead atoms. The van der Waals surface area contributed by atoms with Gasteiger partial charge in [-0.3, -0.25) is 9.59 Å². The lowest BCUT2D eigenvalue weighted by Crippen LogP contribution is -2.38. The third kappa shape index (κ3) is 4.45. The number of benzene rings is 1. The molecule has 5 nitrogen and oxygen atoms in total. The predicted molar refractivity (Wildman–Crippen MR) is 67.4 cm³/mol. The van der Waals surface area contributed by atoms with Crippen molar-refractivity contribution in [2.75, 3.05) is 25.1 Å². The van der Waals surface area contributed by atoms with Crippen LogP contribution in [0.4, 0.5) is 18.9 Å². The largest absolute Gasteiger partial charge is 0.411 e. The fourth-order valence-corrected chi connectivity index (χ4v) is 1.93. The van der Waals surface area contributed by atoms with Crippen LogP contribution < -0.4 is 5.32 Å². The quantitative estimate of drug-likeness (QED) is 0.921. The van der Waals surface area contributed by atoms with Crippen LogP contribution in [0, 0.1) is 0 Å². The molecule has 1 aromatic rings. The van der Waals surface area contributed by atoms with Crippen molar-refractivity contribution in [2.45, 2.75) is 12.7 Å². The van der Waals surface area contributed by atoms with E-state index in [1.165, 1.54) is 0 Å². The Morgan fingerprint density at radius 1 is 1.29 bits per heavy atom. The highest BCUT2D eigenvalue weighted by Gasteiger charge is 2.29. The molecule has 114 valence electrons. The molecule has 0 saturated carbocycles. The average molecular weight is 302 g/mol. The van der Waals surface area contributed by atoms with Crippen molar-refractivity contribution in [3.05, 3.63) is 29.8 Å². The maximum atomic E-state index is 12.0. The molecule has 0 radical (unpaired) electrons. The molecule has 1 N–H and O–H groups in total.